The molecule has 2 aromatic rings. The maximum absolute atomic E-state index is 12.1. The summed E-state index contributed by atoms with van der Waals surface area (Å²) in [7, 11) is -3.32. The Balaban J connectivity index is 1.87. The van der Waals surface area contributed by atoms with Crippen LogP contribution < -0.4 is 5.32 Å². The molecule has 0 atom stereocenters. The lowest BCUT2D eigenvalue weighted by molar-refractivity contribution is 0.0951. The number of benzene rings is 2. The van der Waals surface area contributed by atoms with Gasteiger partial charge in [-0.1, -0.05) is 48.0 Å². The minimum Gasteiger partial charge on any atom is -0.351 e. The van der Waals surface area contributed by atoms with Crippen LogP contribution in [0.15, 0.2) is 54.6 Å². The number of carbonyl (C=O) groups excluding carboxylic acids is 1. The third kappa shape index (κ3) is 6.32. The monoisotopic (exact) mass is 360 g/mol. The molecule has 0 saturated carbocycles. The maximum Gasteiger partial charge on any atom is 0.251 e. The standard InChI is InChI=1S/C19H24N2O3S/c1-16-8-10-18(11-9-16)19(22)20-13-15-21(25(2,23)24)14-12-17-6-4-3-5-7-17/h3-11H,12-15H2,1-2H3,(H,20,22). The summed E-state index contributed by atoms with van der Waals surface area (Å²) in [6, 6.07) is 17.0. The van der Waals surface area contributed by atoms with E-state index < -0.39 is 10.0 Å². The Morgan fingerprint density at radius 1 is 1.00 bits per heavy atom. The zero-order chi connectivity index (χ0) is 18.3. The van der Waals surface area contributed by atoms with Gasteiger partial charge in [0.05, 0.1) is 6.26 Å². The molecule has 1 N–H and O–H groups in total. The molecule has 0 aromatic heterocycles. The van der Waals surface area contributed by atoms with E-state index in [2.05, 4.69) is 5.32 Å². The minimum absolute atomic E-state index is 0.198. The van der Waals surface area contributed by atoms with Crippen molar-refractivity contribution in [3.8, 4) is 0 Å². The molecule has 134 valence electrons. The van der Waals surface area contributed by atoms with Gasteiger partial charge in [-0.05, 0) is 31.0 Å². The second-order valence-corrected chi connectivity index (χ2v) is 8.00. The van der Waals surface area contributed by atoms with Crippen molar-refractivity contribution in [1.29, 1.82) is 0 Å². The average Bonchev–Trinajstić information content (AvgIpc) is 2.58. The van der Waals surface area contributed by atoms with Gasteiger partial charge in [0.25, 0.3) is 5.91 Å². The maximum atomic E-state index is 12.1. The molecule has 0 aliphatic heterocycles. The molecule has 0 saturated heterocycles. The molecule has 25 heavy (non-hydrogen) atoms. The Labute approximate surface area is 149 Å². The first-order valence-electron chi connectivity index (χ1n) is 8.20. The van der Waals surface area contributed by atoms with Crippen molar-refractivity contribution in [2.45, 2.75) is 13.3 Å². The van der Waals surface area contributed by atoms with Gasteiger partial charge in [-0.3, -0.25) is 4.79 Å². The quantitative estimate of drug-likeness (QED) is 0.785. The van der Waals surface area contributed by atoms with E-state index in [1.807, 2.05) is 49.4 Å². The van der Waals surface area contributed by atoms with Gasteiger partial charge in [0.1, 0.15) is 0 Å². The molecular formula is C19H24N2O3S. The largest absolute Gasteiger partial charge is 0.351 e. The molecule has 5 nitrogen and oxygen atoms in total. The summed E-state index contributed by atoms with van der Waals surface area (Å²) >= 11 is 0. The Bertz CT molecular complexity index is 787. The van der Waals surface area contributed by atoms with Gasteiger partial charge >= 0.3 is 0 Å². The van der Waals surface area contributed by atoms with Crippen LogP contribution in [0.2, 0.25) is 0 Å². The highest BCUT2D eigenvalue weighted by atomic mass is 32.2. The number of sulfonamides is 1. The predicted molar refractivity (Wildman–Crippen MR) is 100 cm³/mol. The van der Waals surface area contributed by atoms with Crippen molar-refractivity contribution in [1.82, 2.24) is 9.62 Å². The molecule has 0 aliphatic carbocycles. The van der Waals surface area contributed by atoms with Gasteiger partial charge in [0.2, 0.25) is 10.0 Å². The first kappa shape index (κ1) is 19.1. The van der Waals surface area contributed by atoms with Gasteiger partial charge in [0.15, 0.2) is 0 Å². The van der Waals surface area contributed by atoms with E-state index in [1.165, 1.54) is 10.6 Å². The molecular weight excluding hydrogens is 336 g/mol. The smallest absolute Gasteiger partial charge is 0.251 e. The lowest BCUT2D eigenvalue weighted by Gasteiger charge is -2.20. The van der Waals surface area contributed by atoms with Crippen molar-refractivity contribution in [2.75, 3.05) is 25.9 Å². The van der Waals surface area contributed by atoms with Gasteiger partial charge in [-0.25, -0.2) is 12.7 Å². The van der Waals surface area contributed by atoms with Crippen LogP contribution in [0.5, 0.6) is 0 Å². The summed E-state index contributed by atoms with van der Waals surface area (Å²) in [4.78, 5) is 12.1. The highest BCUT2D eigenvalue weighted by Gasteiger charge is 2.16. The van der Waals surface area contributed by atoms with E-state index in [-0.39, 0.29) is 19.0 Å². The number of nitrogens with one attached hydrogen (secondary N) is 1. The molecule has 0 radical (unpaired) electrons. The van der Waals surface area contributed by atoms with Crippen LogP contribution in [0.4, 0.5) is 0 Å². The zero-order valence-electron chi connectivity index (χ0n) is 14.6. The Morgan fingerprint density at radius 2 is 1.64 bits per heavy atom. The predicted octanol–water partition coefficient (Wildman–Crippen LogP) is 2.23. The Hall–Kier alpha value is -2.18. The lowest BCUT2D eigenvalue weighted by Crippen LogP contribution is -2.39. The fourth-order valence-electron chi connectivity index (χ4n) is 2.44. The molecule has 2 aromatic carbocycles. The van der Waals surface area contributed by atoms with Crippen molar-refractivity contribution in [3.05, 3.63) is 71.3 Å². The summed E-state index contributed by atoms with van der Waals surface area (Å²) in [5, 5.41) is 2.77. The van der Waals surface area contributed by atoms with Crippen LogP contribution in [0.25, 0.3) is 0 Å². The summed E-state index contributed by atoms with van der Waals surface area (Å²) in [5.41, 5.74) is 2.74. The molecule has 0 bridgehead atoms. The molecule has 0 fully saturated rings. The fourth-order valence-corrected chi connectivity index (χ4v) is 3.29. The van der Waals surface area contributed by atoms with E-state index in [4.69, 9.17) is 0 Å². The summed E-state index contributed by atoms with van der Waals surface area (Å²) < 4.78 is 25.3. The highest BCUT2D eigenvalue weighted by Crippen LogP contribution is 2.05. The molecule has 0 aliphatic rings. The topological polar surface area (TPSA) is 66.5 Å². The molecule has 2 rings (SSSR count). The second-order valence-electron chi connectivity index (χ2n) is 6.02. The van der Waals surface area contributed by atoms with Gasteiger partial charge in [-0.2, -0.15) is 0 Å². The molecule has 0 heterocycles. The van der Waals surface area contributed by atoms with Crippen LogP contribution in [-0.4, -0.2) is 44.5 Å². The van der Waals surface area contributed by atoms with E-state index in [0.717, 1.165) is 11.1 Å². The Morgan fingerprint density at radius 3 is 2.24 bits per heavy atom. The van der Waals surface area contributed by atoms with E-state index in [1.54, 1.807) is 12.1 Å². The summed E-state index contributed by atoms with van der Waals surface area (Å²) in [6.07, 6.45) is 1.83. The van der Waals surface area contributed by atoms with Crippen LogP contribution in [0.3, 0.4) is 0 Å². The lowest BCUT2D eigenvalue weighted by atomic mass is 10.1. The first-order valence-corrected chi connectivity index (χ1v) is 10.0. The van der Waals surface area contributed by atoms with Gasteiger partial charge in [-0.15, -0.1) is 0 Å². The third-order valence-electron chi connectivity index (χ3n) is 3.92. The van der Waals surface area contributed by atoms with Crippen molar-refractivity contribution >= 4 is 15.9 Å². The van der Waals surface area contributed by atoms with Crippen LogP contribution in [-0.2, 0) is 16.4 Å². The Kier molecular flexibility index (Phi) is 6.73. The van der Waals surface area contributed by atoms with Crippen molar-refractivity contribution in [3.63, 3.8) is 0 Å². The second kappa shape index (κ2) is 8.78. The zero-order valence-corrected chi connectivity index (χ0v) is 15.4. The number of amides is 1. The molecule has 0 unspecified atom stereocenters. The fraction of sp³-hybridized carbons (Fsp3) is 0.316. The number of nitrogens with zero attached hydrogens (tertiary/aromatic N) is 1. The summed E-state index contributed by atoms with van der Waals surface area (Å²) in [6.45, 7) is 2.87. The van der Waals surface area contributed by atoms with Crippen molar-refractivity contribution < 1.29 is 13.2 Å². The van der Waals surface area contributed by atoms with E-state index in [0.29, 0.717) is 18.5 Å². The number of hydrogen-bond acceptors (Lipinski definition) is 3. The number of rotatable bonds is 8. The van der Waals surface area contributed by atoms with Crippen molar-refractivity contribution in [2.24, 2.45) is 0 Å². The highest BCUT2D eigenvalue weighted by molar-refractivity contribution is 7.88. The van der Waals surface area contributed by atoms with Gasteiger partial charge < -0.3 is 5.32 Å². The molecule has 1 amide bonds. The van der Waals surface area contributed by atoms with E-state index >= 15 is 0 Å². The van der Waals surface area contributed by atoms with Gasteiger partial charge in [0, 0.05) is 25.2 Å². The van der Waals surface area contributed by atoms with Crippen LogP contribution in [0, 0.1) is 6.92 Å². The third-order valence-corrected chi connectivity index (χ3v) is 5.23. The van der Waals surface area contributed by atoms with Crippen LogP contribution >= 0.6 is 0 Å². The van der Waals surface area contributed by atoms with Crippen LogP contribution in [0.1, 0.15) is 21.5 Å². The average molecular weight is 360 g/mol. The minimum atomic E-state index is -3.32. The molecule has 6 heteroatoms. The first-order chi connectivity index (χ1) is 11.9. The number of aryl methyl sites for hydroxylation is 1. The summed E-state index contributed by atoms with van der Waals surface area (Å²) in [5.74, 6) is -0.198. The number of carbonyl (C=O) groups is 1. The SMILES string of the molecule is Cc1ccc(C(=O)NCCN(CCc2ccccc2)S(C)(=O)=O)cc1. The van der Waals surface area contributed by atoms with E-state index in [9.17, 15) is 13.2 Å². The normalized spacial score (nSPS) is 11.5. The molecule has 0 spiro atoms. The number of hydrogen-bond donors (Lipinski definition) is 1.